The molecule has 0 saturated carbocycles. The van der Waals surface area contributed by atoms with Crippen molar-refractivity contribution in [2.75, 3.05) is 13.2 Å². The van der Waals surface area contributed by atoms with Crippen molar-refractivity contribution in [1.82, 2.24) is 4.90 Å². The maximum absolute atomic E-state index is 10.9. The molecule has 0 aliphatic rings. The number of furan rings is 1. The minimum Gasteiger partial charge on any atom is -0.491 e. The fourth-order valence-electron chi connectivity index (χ4n) is 3.29. The molecule has 0 fully saturated rings. The summed E-state index contributed by atoms with van der Waals surface area (Å²) < 4.78 is 11.2. The van der Waals surface area contributed by atoms with E-state index < -0.39 is 6.10 Å². The Kier molecular flexibility index (Phi) is 7.82. The number of nitrogens with zero attached hydrogens (tertiary/aromatic N) is 1. The van der Waals surface area contributed by atoms with Gasteiger partial charge in [-0.1, -0.05) is 50.2 Å². The van der Waals surface area contributed by atoms with Gasteiger partial charge >= 0.3 is 0 Å². The van der Waals surface area contributed by atoms with Crippen LogP contribution >= 0.6 is 0 Å². The van der Waals surface area contributed by atoms with Gasteiger partial charge in [0, 0.05) is 18.7 Å². The summed E-state index contributed by atoms with van der Waals surface area (Å²) >= 11 is 0. The van der Waals surface area contributed by atoms with Gasteiger partial charge in [0.15, 0.2) is 0 Å². The van der Waals surface area contributed by atoms with Crippen LogP contribution in [-0.4, -0.2) is 35.5 Å². The number of aliphatic hydroxyl groups is 1. The van der Waals surface area contributed by atoms with Crippen molar-refractivity contribution in [3.05, 3.63) is 89.4 Å². The first-order valence-corrected chi connectivity index (χ1v) is 10.2. The zero-order valence-electron chi connectivity index (χ0n) is 17.5. The number of carbonyl (C=O) groups is 1. The Morgan fingerprint density at radius 1 is 1.07 bits per heavy atom. The molecule has 1 aromatic heterocycles. The van der Waals surface area contributed by atoms with E-state index in [9.17, 15) is 9.90 Å². The molecule has 0 aliphatic heterocycles. The zero-order valence-corrected chi connectivity index (χ0v) is 17.5. The highest BCUT2D eigenvalue weighted by Crippen LogP contribution is 2.17. The van der Waals surface area contributed by atoms with Gasteiger partial charge in [0.25, 0.3) is 0 Å². The highest BCUT2D eigenvalue weighted by Gasteiger charge is 2.15. The lowest BCUT2D eigenvalue weighted by molar-refractivity contribution is 0.0604. The van der Waals surface area contributed by atoms with Crippen LogP contribution in [0.1, 0.15) is 47.0 Å². The second-order valence-electron chi connectivity index (χ2n) is 7.80. The van der Waals surface area contributed by atoms with Crippen LogP contribution in [0.2, 0.25) is 0 Å². The van der Waals surface area contributed by atoms with Gasteiger partial charge < -0.3 is 14.3 Å². The standard InChI is InChI=1S/C25H29NO4/c1-19(2)22-10-8-20(9-11-22)14-26(16-25-7-4-12-29-25)15-23(28)18-30-24-6-3-5-21(13-24)17-27/h3-13,17,19,23,28H,14-16,18H2,1-2H3. The molecule has 1 heterocycles. The first-order chi connectivity index (χ1) is 14.5. The number of ether oxygens (including phenoxy) is 1. The third-order valence-corrected chi connectivity index (χ3v) is 4.92. The molecular formula is C25H29NO4. The quantitative estimate of drug-likeness (QED) is 0.469. The van der Waals surface area contributed by atoms with E-state index in [0.717, 1.165) is 12.0 Å². The number of aliphatic hydroxyl groups excluding tert-OH is 1. The highest BCUT2D eigenvalue weighted by atomic mass is 16.5. The average Bonchev–Trinajstić information content (AvgIpc) is 3.26. The van der Waals surface area contributed by atoms with E-state index in [1.54, 1.807) is 30.5 Å². The van der Waals surface area contributed by atoms with Gasteiger partial charge in [-0.15, -0.1) is 0 Å². The molecular weight excluding hydrogens is 378 g/mol. The van der Waals surface area contributed by atoms with E-state index in [4.69, 9.17) is 9.15 Å². The molecule has 2 aromatic carbocycles. The van der Waals surface area contributed by atoms with Gasteiger partial charge in [-0.25, -0.2) is 0 Å². The Balaban J connectivity index is 1.61. The summed E-state index contributed by atoms with van der Waals surface area (Å²) in [6.45, 7) is 6.22. The van der Waals surface area contributed by atoms with Crippen LogP contribution in [0.15, 0.2) is 71.3 Å². The Hall–Kier alpha value is -2.89. The van der Waals surface area contributed by atoms with Gasteiger partial charge in [-0.3, -0.25) is 9.69 Å². The highest BCUT2D eigenvalue weighted by molar-refractivity contribution is 5.75. The fraction of sp³-hybridized carbons (Fsp3) is 0.320. The monoisotopic (exact) mass is 407 g/mol. The lowest BCUT2D eigenvalue weighted by Crippen LogP contribution is -2.35. The summed E-state index contributed by atoms with van der Waals surface area (Å²) in [6.07, 6.45) is 1.75. The van der Waals surface area contributed by atoms with Crippen molar-refractivity contribution in [2.24, 2.45) is 0 Å². The Morgan fingerprint density at radius 3 is 2.53 bits per heavy atom. The molecule has 1 unspecified atom stereocenters. The molecule has 0 amide bonds. The zero-order chi connectivity index (χ0) is 21.3. The fourth-order valence-corrected chi connectivity index (χ4v) is 3.29. The van der Waals surface area contributed by atoms with Crippen molar-refractivity contribution in [3.8, 4) is 5.75 Å². The molecule has 3 aromatic rings. The Labute approximate surface area is 177 Å². The predicted molar refractivity (Wildman–Crippen MR) is 117 cm³/mol. The summed E-state index contributed by atoms with van der Waals surface area (Å²) in [6, 6.07) is 19.3. The van der Waals surface area contributed by atoms with Gasteiger partial charge in [0.2, 0.25) is 0 Å². The van der Waals surface area contributed by atoms with E-state index in [1.165, 1.54) is 11.1 Å². The summed E-state index contributed by atoms with van der Waals surface area (Å²) in [4.78, 5) is 13.0. The molecule has 5 nitrogen and oxygen atoms in total. The normalized spacial score (nSPS) is 12.3. The average molecular weight is 408 g/mol. The van der Waals surface area contributed by atoms with Crippen LogP contribution in [0.5, 0.6) is 5.75 Å². The number of carbonyl (C=O) groups excluding carboxylic acids is 1. The second-order valence-corrected chi connectivity index (χ2v) is 7.80. The Morgan fingerprint density at radius 2 is 1.87 bits per heavy atom. The molecule has 0 bridgehead atoms. The molecule has 1 atom stereocenters. The first-order valence-electron chi connectivity index (χ1n) is 10.2. The summed E-state index contributed by atoms with van der Waals surface area (Å²) in [5.74, 6) is 1.91. The number of benzene rings is 2. The molecule has 0 saturated heterocycles. The van der Waals surface area contributed by atoms with Crippen molar-refractivity contribution in [1.29, 1.82) is 0 Å². The lowest BCUT2D eigenvalue weighted by Gasteiger charge is -2.24. The number of aldehydes is 1. The SMILES string of the molecule is CC(C)c1ccc(CN(Cc2ccco2)CC(O)COc2cccc(C=O)c2)cc1. The Bertz CT molecular complexity index is 903. The lowest BCUT2D eigenvalue weighted by atomic mass is 10.0. The number of hydrogen-bond acceptors (Lipinski definition) is 5. The topological polar surface area (TPSA) is 62.9 Å². The van der Waals surface area contributed by atoms with E-state index >= 15 is 0 Å². The maximum atomic E-state index is 10.9. The van der Waals surface area contributed by atoms with E-state index in [1.807, 2.05) is 12.1 Å². The second kappa shape index (κ2) is 10.8. The summed E-state index contributed by atoms with van der Waals surface area (Å²) in [5, 5.41) is 10.6. The van der Waals surface area contributed by atoms with Crippen molar-refractivity contribution < 1.29 is 19.1 Å². The molecule has 30 heavy (non-hydrogen) atoms. The van der Waals surface area contributed by atoms with Crippen molar-refractivity contribution in [3.63, 3.8) is 0 Å². The van der Waals surface area contributed by atoms with Gasteiger partial charge in [0.1, 0.15) is 30.5 Å². The maximum Gasteiger partial charge on any atom is 0.150 e. The van der Waals surface area contributed by atoms with Crippen LogP contribution in [-0.2, 0) is 13.1 Å². The van der Waals surface area contributed by atoms with Crippen molar-refractivity contribution in [2.45, 2.75) is 39.0 Å². The van der Waals surface area contributed by atoms with Crippen LogP contribution in [0, 0.1) is 0 Å². The summed E-state index contributed by atoms with van der Waals surface area (Å²) in [7, 11) is 0. The number of rotatable bonds is 11. The minimum absolute atomic E-state index is 0.142. The van der Waals surface area contributed by atoms with E-state index in [-0.39, 0.29) is 6.61 Å². The molecule has 158 valence electrons. The van der Waals surface area contributed by atoms with Crippen LogP contribution in [0.3, 0.4) is 0 Å². The molecule has 5 heteroatoms. The third kappa shape index (κ3) is 6.58. The van der Waals surface area contributed by atoms with Crippen LogP contribution in [0.4, 0.5) is 0 Å². The molecule has 0 radical (unpaired) electrons. The van der Waals surface area contributed by atoms with Crippen LogP contribution in [0.25, 0.3) is 0 Å². The van der Waals surface area contributed by atoms with Gasteiger partial charge in [-0.2, -0.15) is 0 Å². The minimum atomic E-state index is -0.685. The van der Waals surface area contributed by atoms with Crippen molar-refractivity contribution >= 4 is 6.29 Å². The third-order valence-electron chi connectivity index (χ3n) is 4.92. The van der Waals surface area contributed by atoms with Gasteiger partial charge in [-0.05, 0) is 41.3 Å². The smallest absolute Gasteiger partial charge is 0.150 e. The summed E-state index contributed by atoms with van der Waals surface area (Å²) in [5.41, 5.74) is 3.03. The van der Waals surface area contributed by atoms with Gasteiger partial charge in [0.05, 0.1) is 12.8 Å². The molecule has 0 spiro atoms. The molecule has 3 rings (SSSR count). The first kappa shape index (κ1) is 21.8. The predicted octanol–water partition coefficient (Wildman–Crippen LogP) is 4.66. The molecule has 0 aliphatic carbocycles. The van der Waals surface area contributed by atoms with E-state index in [2.05, 4.69) is 43.0 Å². The van der Waals surface area contributed by atoms with E-state index in [0.29, 0.717) is 36.9 Å². The van der Waals surface area contributed by atoms with Crippen LogP contribution < -0.4 is 4.74 Å². The largest absolute Gasteiger partial charge is 0.491 e. The molecule has 1 N–H and O–H groups in total. The number of hydrogen-bond donors (Lipinski definition) is 1.